The number of aliphatic imine (C=N–C) groups is 1. The molecule has 8 heteroatoms. The number of rotatable bonds is 4. The van der Waals surface area contributed by atoms with Crippen LogP contribution in [0.25, 0.3) is 11.0 Å². The normalized spacial score (nSPS) is 11.8. The van der Waals surface area contributed by atoms with Gasteiger partial charge in [-0.1, -0.05) is 0 Å². The molecule has 0 atom stereocenters. The third-order valence-electron chi connectivity index (χ3n) is 3.57. The van der Waals surface area contributed by atoms with Crippen molar-refractivity contribution in [1.29, 1.82) is 0 Å². The van der Waals surface area contributed by atoms with Crippen LogP contribution in [0.3, 0.4) is 0 Å². The molecule has 0 aliphatic rings. The van der Waals surface area contributed by atoms with E-state index in [0.717, 1.165) is 10.9 Å². The Morgan fingerprint density at radius 1 is 1.27 bits per heavy atom. The molecule has 2 rings (SSSR count). The summed E-state index contributed by atoms with van der Waals surface area (Å²) < 4.78 is 19.1. The van der Waals surface area contributed by atoms with Crippen molar-refractivity contribution in [2.24, 2.45) is 4.99 Å². The van der Waals surface area contributed by atoms with Crippen LogP contribution >= 0.6 is 24.0 Å². The number of benzene rings is 1. The SMILES string of the molecule is CN=C(NCC(=O)NC(C)(C)C)NCc1oc2ccc(F)cc2c1C.I. The molecule has 1 heterocycles. The Balaban J connectivity index is 0.00000338. The first-order chi connectivity index (χ1) is 11.7. The number of amides is 1. The molecule has 0 saturated carbocycles. The zero-order valence-corrected chi connectivity index (χ0v) is 18.0. The number of carbonyl (C=O) groups is 1. The summed E-state index contributed by atoms with van der Waals surface area (Å²) in [5, 5.41) is 9.66. The number of hydrogen-bond acceptors (Lipinski definition) is 3. The van der Waals surface area contributed by atoms with Gasteiger partial charge in [-0.2, -0.15) is 0 Å². The molecule has 0 fully saturated rings. The van der Waals surface area contributed by atoms with Crippen molar-refractivity contribution >= 4 is 46.8 Å². The monoisotopic (exact) mass is 476 g/mol. The topological polar surface area (TPSA) is 78.7 Å². The van der Waals surface area contributed by atoms with Gasteiger partial charge in [-0.15, -0.1) is 24.0 Å². The molecule has 0 saturated heterocycles. The van der Waals surface area contributed by atoms with Crippen molar-refractivity contribution in [2.75, 3.05) is 13.6 Å². The zero-order chi connectivity index (χ0) is 18.6. The first kappa shape index (κ1) is 22.2. The molecule has 1 aromatic carbocycles. The van der Waals surface area contributed by atoms with Crippen molar-refractivity contribution < 1.29 is 13.6 Å². The van der Waals surface area contributed by atoms with E-state index in [-0.39, 0.29) is 47.8 Å². The van der Waals surface area contributed by atoms with Gasteiger partial charge in [0, 0.05) is 23.5 Å². The lowest BCUT2D eigenvalue weighted by molar-refractivity contribution is -0.121. The van der Waals surface area contributed by atoms with E-state index in [9.17, 15) is 9.18 Å². The third-order valence-corrected chi connectivity index (χ3v) is 3.57. The zero-order valence-electron chi connectivity index (χ0n) is 15.7. The molecule has 0 unspecified atom stereocenters. The first-order valence-corrected chi connectivity index (χ1v) is 8.12. The summed E-state index contributed by atoms with van der Waals surface area (Å²) in [6.45, 7) is 8.14. The van der Waals surface area contributed by atoms with Crippen LogP contribution in [0.4, 0.5) is 4.39 Å². The predicted molar refractivity (Wildman–Crippen MR) is 112 cm³/mol. The molecule has 2 aromatic rings. The number of halogens is 2. The minimum atomic E-state index is -0.293. The first-order valence-electron chi connectivity index (χ1n) is 8.12. The Morgan fingerprint density at radius 3 is 2.58 bits per heavy atom. The average Bonchev–Trinajstić information content (AvgIpc) is 2.82. The van der Waals surface area contributed by atoms with Gasteiger partial charge in [-0.25, -0.2) is 4.39 Å². The Labute approximate surface area is 170 Å². The van der Waals surface area contributed by atoms with Gasteiger partial charge in [0.1, 0.15) is 17.2 Å². The highest BCUT2D eigenvalue weighted by Crippen LogP contribution is 2.25. The van der Waals surface area contributed by atoms with Crippen molar-refractivity contribution in [3.63, 3.8) is 0 Å². The van der Waals surface area contributed by atoms with Gasteiger partial charge < -0.3 is 20.4 Å². The van der Waals surface area contributed by atoms with E-state index in [1.165, 1.54) is 12.1 Å². The maximum atomic E-state index is 13.4. The van der Waals surface area contributed by atoms with E-state index in [1.807, 2.05) is 27.7 Å². The molecule has 1 aromatic heterocycles. The lowest BCUT2D eigenvalue weighted by Gasteiger charge is -2.21. The fourth-order valence-electron chi connectivity index (χ4n) is 2.42. The smallest absolute Gasteiger partial charge is 0.239 e. The van der Waals surface area contributed by atoms with E-state index in [1.54, 1.807) is 13.1 Å². The molecule has 0 aliphatic heterocycles. The number of hydrogen-bond donors (Lipinski definition) is 3. The molecular weight excluding hydrogens is 450 g/mol. The number of aryl methyl sites for hydroxylation is 1. The summed E-state index contributed by atoms with van der Waals surface area (Å²) in [5.74, 6) is 0.766. The molecular formula is C18H26FIN4O2. The Kier molecular flexibility index (Phi) is 7.86. The van der Waals surface area contributed by atoms with Gasteiger partial charge in [-0.05, 0) is 45.9 Å². The minimum Gasteiger partial charge on any atom is -0.459 e. The van der Waals surface area contributed by atoms with Crippen LogP contribution in [0, 0.1) is 12.7 Å². The highest BCUT2D eigenvalue weighted by Gasteiger charge is 2.14. The molecule has 0 aliphatic carbocycles. The van der Waals surface area contributed by atoms with Crippen LogP contribution < -0.4 is 16.0 Å². The van der Waals surface area contributed by atoms with Crippen LogP contribution in [0.15, 0.2) is 27.6 Å². The van der Waals surface area contributed by atoms with Crippen LogP contribution in [0.1, 0.15) is 32.1 Å². The molecule has 0 spiro atoms. The van der Waals surface area contributed by atoms with Crippen LogP contribution in [0.2, 0.25) is 0 Å². The second-order valence-electron chi connectivity index (χ2n) is 6.87. The maximum Gasteiger partial charge on any atom is 0.239 e. The summed E-state index contributed by atoms with van der Waals surface area (Å²) >= 11 is 0. The summed E-state index contributed by atoms with van der Waals surface area (Å²) in [6, 6.07) is 4.45. The molecule has 3 N–H and O–H groups in total. The Morgan fingerprint density at radius 2 is 1.96 bits per heavy atom. The Hall–Kier alpha value is -1.84. The predicted octanol–water partition coefficient (Wildman–Crippen LogP) is 3.08. The number of fused-ring (bicyclic) bond motifs is 1. The molecule has 26 heavy (non-hydrogen) atoms. The summed E-state index contributed by atoms with van der Waals surface area (Å²) in [6.07, 6.45) is 0. The molecule has 0 radical (unpaired) electrons. The van der Waals surface area contributed by atoms with Crippen LogP contribution in [-0.2, 0) is 11.3 Å². The summed E-state index contributed by atoms with van der Waals surface area (Å²) in [7, 11) is 1.62. The fraction of sp³-hybridized carbons (Fsp3) is 0.444. The second kappa shape index (κ2) is 9.20. The fourth-order valence-corrected chi connectivity index (χ4v) is 2.42. The number of carbonyl (C=O) groups excluding carboxylic acids is 1. The lowest BCUT2D eigenvalue weighted by atomic mass is 10.1. The van der Waals surface area contributed by atoms with E-state index in [4.69, 9.17) is 4.42 Å². The van der Waals surface area contributed by atoms with Gasteiger partial charge in [-0.3, -0.25) is 9.79 Å². The van der Waals surface area contributed by atoms with Gasteiger partial charge in [0.25, 0.3) is 0 Å². The number of furan rings is 1. The lowest BCUT2D eigenvalue weighted by Crippen LogP contribution is -2.48. The molecule has 1 amide bonds. The highest BCUT2D eigenvalue weighted by atomic mass is 127. The van der Waals surface area contributed by atoms with Gasteiger partial charge in [0.05, 0.1) is 13.1 Å². The highest BCUT2D eigenvalue weighted by molar-refractivity contribution is 14.0. The van der Waals surface area contributed by atoms with E-state index in [0.29, 0.717) is 23.8 Å². The minimum absolute atomic E-state index is 0. The molecule has 144 valence electrons. The van der Waals surface area contributed by atoms with E-state index < -0.39 is 0 Å². The average molecular weight is 476 g/mol. The standard InChI is InChI=1S/C18H25FN4O2.HI/c1-11-13-8-12(19)6-7-14(13)25-15(11)9-21-17(20-5)22-10-16(24)23-18(2,3)4;/h6-8H,9-10H2,1-5H3,(H,23,24)(H2,20,21,22);1H. The van der Waals surface area contributed by atoms with Gasteiger partial charge in [0.2, 0.25) is 5.91 Å². The molecule has 6 nitrogen and oxygen atoms in total. The maximum absolute atomic E-state index is 13.4. The third kappa shape index (κ3) is 6.15. The summed E-state index contributed by atoms with van der Waals surface area (Å²) in [4.78, 5) is 15.9. The summed E-state index contributed by atoms with van der Waals surface area (Å²) in [5.41, 5.74) is 1.24. The van der Waals surface area contributed by atoms with E-state index in [2.05, 4.69) is 20.9 Å². The van der Waals surface area contributed by atoms with Gasteiger partial charge >= 0.3 is 0 Å². The van der Waals surface area contributed by atoms with Crippen LogP contribution in [-0.4, -0.2) is 31.0 Å². The van der Waals surface area contributed by atoms with Crippen LogP contribution in [0.5, 0.6) is 0 Å². The van der Waals surface area contributed by atoms with E-state index >= 15 is 0 Å². The number of guanidine groups is 1. The number of nitrogens with one attached hydrogen (secondary N) is 3. The Bertz CT molecular complexity index is 796. The quantitative estimate of drug-likeness (QED) is 0.360. The van der Waals surface area contributed by atoms with Gasteiger partial charge in [0.15, 0.2) is 5.96 Å². The van der Waals surface area contributed by atoms with Crippen molar-refractivity contribution in [3.05, 3.63) is 35.3 Å². The van der Waals surface area contributed by atoms with Crippen molar-refractivity contribution in [3.8, 4) is 0 Å². The second-order valence-corrected chi connectivity index (χ2v) is 6.87. The number of nitrogens with zero attached hydrogens (tertiary/aromatic N) is 1. The largest absolute Gasteiger partial charge is 0.459 e. The molecule has 0 bridgehead atoms. The van der Waals surface area contributed by atoms with Crippen molar-refractivity contribution in [2.45, 2.75) is 39.8 Å². The van der Waals surface area contributed by atoms with Crippen molar-refractivity contribution in [1.82, 2.24) is 16.0 Å².